The molecule has 2 nitrogen and oxygen atoms in total. The van der Waals surface area contributed by atoms with E-state index >= 15 is 0 Å². The van der Waals surface area contributed by atoms with Crippen LogP contribution >= 0.6 is 11.3 Å². The van der Waals surface area contributed by atoms with Crippen molar-refractivity contribution in [2.75, 3.05) is 0 Å². The molecule has 1 aliphatic heterocycles. The Morgan fingerprint density at radius 3 is 2.53 bits per heavy atom. The SMILES string of the molecule is Cc1ccc(CC(C)NC2CC(C)(C)OC2(C)C)s1. The van der Waals surface area contributed by atoms with E-state index in [-0.39, 0.29) is 11.2 Å². The molecular formula is C16H27NOS. The zero-order valence-electron chi connectivity index (χ0n) is 13.0. The number of nitrogens with one attached hydrogen (secondary N) is 1. The molecule has 2 heterocycles. The lowest BCUT2D eigenvalue weighted by molar-refractivity contribution is -0.0703. The van der Waals surface area contributed by atoms with Crippen LogP contribution in [-0.4, -0.2) is 23.3 Å². The second kappa shape index (κ2) is 5.19. The minimum atomic E-state index is -0.0802. The fraction of sp³-hybridized carbons (Fsp3) is 0.750. The molecule has 2 atom stereocenters. The molecule has 0 bridgehead atoms. The smallest absolute Gasteiger partial charge is 0.0787 e. The normalized spacial score (nSPS) is 26.5. The van der Waals surface area contributed by atoms with E-state index in [1.54, 1.807) is 0 Å². The van der Waals surface area contributed by atoms with Crippen LogP contribution < -0.4 is 5.32 Å². The maximum atomic E-state index is 6.14. The molecule has 1 saturated heterocycles. The number of rotatable bonds is 4. The lowest BCUT2D eigenvalue weighted by Gasteiger charge is -2.30. The van der Waals surface area contributed by atoms with Crippen LogP contribution in [0.15, 0.2) is 12.1 Å². The highest BCUT2D eigenvalue weighted by Crippen LogP contribution is 2.37. The molecule has 1 fully saturated rings. The highest BCUT2D eigenvalue weighted by atomic mass is 32.1. The van der Waals surface area contributed by atoms with Gasteiger partial charge in [-0.2, -0.15) is 0 Å². The summed E-state index contributed by atoms with van der Waals surface area (Å²) in [5, 5.41) is 3.76. The van der Waals surface area contributed by atoms with Gasteiger partial charge in [0.1, 0.15) is 0 Å². The summed E-state index contributed by atoms with van der Waals surface area (Å²) in [6.07, 6.45) is 2.18. The zero-order chi connectivity index (χ0) is 14.3. The van der Waals surface area contributed by atoms with Crippen LogP contribution in [0.5, 0.6) is 0 Å². The van der Waals surface area contributed by atoms with E-state index in [1.807, 2.05) is 11.3 Å². The van der Waals surface area contributed by atoms with Gasteiger partial charge in [0, 0.05) is 21.8 Å². The molecule has 0 spiro atoms. The second-order valence-corrected chi connectivity index (χ2v) is 8.38. The second-order valence-electron chi connectivity index (χ2n) is 7.01. The van der Waals surface area contributed by atoms with Crippen LogP contribution in [0.25, 0.3) is 0 Å². The van der Waals surface area contributed by atoms with E-state index in [4.69, 9.17) is 4.74 Å². The topological polar surface area (TPSA) is 21.3 Å². The molecule has 108 valence electrons. The molecule has 0 radical (unpaired) electrons. The largest absolute Gasteiger partial charge is 0.368 e. The van der Waals surface area contributed by atoms with Crippen LogP contribution in [0.1, 0.15) is 50.8 Å². The molecule has 3 heteroatoms. The summed E-state index contributed by atoms with van der Waals surface area (Å²) in [5.74, 6) is 0. The third-order valence-corrected chi connectivity index (χ3v) is 4.89. The monoisotopic (exact) mass is 281 g/mol. The Morgan fingerprint density at radius 2 is 2.05 bits per heavy atom. The van der Waals surface area contributed by atoms with Crippen molar-refractivity contribution in [2.45, 2.75) is 77.7 Å². The predicted octanol–water partition coefficient (Wildman–Crippen LogP) is 3.92. The van der Waals surface area contributed by atoms with E-state index < -0.39 is 0 Å². The summed E-state index contributed by atoms with van der Waals surface area (Å²) in [7, 11) is 0. The lowest BCUT2D eigenvalue weighted by atomic mass is 9.93. The van der Waals surface area contributed by atoms with Crippen molar-refractivity contribution in [3.05, 3.63) is 21.9 Å². The number of hydrogen-bond acceptors (Lipinski definition) is 3. The van der Waals surface area contributed by atoms with E-state index in [9.17, 15) is 0 Å². The summed E-state index contributed by atoms with van der Waals surface area (Å²) >= 11 is 1.90. The lowest BCUT2D eigenvalue weighted by Crippen LogP contribution is -2.47. The minimum Gasteiger partial charge on any atom is -0.368 e. The van der Waals surface area contributed by atoms with Gasteiger partial charge in [-0.1, -0.05) is 0 Å². The molecule has 2 rings (SSSR count). The number of thiophene rings is 1. The first-order chi connectivity index (χ1) is 8.68. The number of ether oxygens (including phenoxy) is 1. The average molecular weight is 281 g/mol. The van der Waals surface area contributed by atoms with E-state index in [2.05, 4.69) is 59.0 Å². The van der Waals surface area contributed by atoms with Crippen molar-refractivity contribution in [3.63, 3.8) is 0 Å². The minimum absolute atomic E-state index is 0.0135. The maximum Gasteiger partial charge on any atom is 0.0787 e. The Morgan fingerprint density at radius 1 is 1.37 bits per heavy atom. The summed E-state index contributed by atoms with van der Waals surface area (Å²) in [5.41, 5.74) is -0.0937. The van der Waals surface area contributed by atoms with Gasteiger partial charge in [-0.25, -0.2) is 0 Å². The molecule has 0 saturated carbocycles. The first-order valence-electron chi connectivity index (χ1n) is 7.19. The third kappa shape index (κ3) is 3.80. The number of aryl methyl sites for hydroxylation is 1. The summed E-state index contributed by atoms with van der Waals surface area (Å²) in [4.78, 5) is 2.86. The molecule has 0 aliphatic carbocycles. The van der Waals surface area contributed by atoms with Gasteiger partial charge in [-0.3, -0.25) is 0 Å². The summed E-state index contributed by atoms with van der Waals surface area (Å²) < 4.78 is 6.14. The molecule has 1 aromatic rings. The van der Waals surface area contributed by atoms with Crippen molar-refractivity contribution < 1.29 is 4.74 Å². The fourth-order valence-corrected chi connectivity index (χ4v) is 4.14. The quantitative estimate of drug-likeness (QED) is 0.903. The molecular weight excluding hydrogens is 254 g/mol. The van der Waals surface area contributed by atoms with Gasteiger partial charge in [-0.15, -0.1) is 11.3 Å². The highest BCUT2D eigenvalue weighted by molar-refractivity contribution is 7.11. The Balaban J connectivity index is 1.93. The van der Waals surface area contributed by atoms with Crippen LogP contribution in [0.2, 0.25) is 0 Å². The van der Waals surface area contributed by atoms with Crippen molar-refractivity contribution in [1.82, 2.24) is 5.32 Å². The van der Waals surface area contributed by atoms with Crippen molar-refractivity contribution >= 4 is 11.3 Å². The van der Waals surface area contributed by atoms with Crippen molar-refractivity contribution in [2.24, 2.45) is 0 Å². The average Bonchev–Trinajstić information content (AvgIpc) is 2.68. The van der Waals surface area contributed by atoms with E-state index in [0.29, 0.717) is 12.1 Å². The van der Waals surface area contributed by atoms with E-state index in [0.717, 1.165) is 12.8 Å². The Kier molecular flexibility index (Phi) is 4.10. The van der Waals surface area contributed by atoms with Crippen LogP contribution in [0.3, 0.4) is 0 Å². The summed E-state index contributed by atoms with van der Waals surface area (Å²) in [6.45, 7) is 13.2. The van der Waals surface area contributed by atoms with Crippen molar-refractivity contribution in [1.29, 1.82) is 0 Å². The first kappa shape index (κ1) is 15.0. The van der Waals surface area contributed by atoms with E-state index in [1.165, 1.54) is 9.75 Å². The molecule has 1 N–H and O–H groups in total. The molecule has 19 heavy (non-hydrogen) atoms. The zero-order valence-corrected chi connectivity index (χ0v) is 13.9. The van der Waals surface area contributed by atoms with Crippen LogP contribution in [-0.2, 0) is 11.2 Å². The van der Waals surface area contributed by atoms with Gasteiger partial charge in [0.2, 0.25) is 0 Å². The Labute approximate surface area is 121 Å². The van der Waals surface area contributed by atoms with Gasteiger partial charge in [0.25, 0.3) is 0 Å². The van der Waals surface area contributed by atoms with Crippen LogP contribution in [0.4, 0.5) is 0 Å². The Hall–Kier alpha value is -0.380. The maximum absolute atomic E-state index is 6.14. The standard InChI is InChI=1S/C16H27NOS/c1-11(9-13-8-7-12(2)19-13)17-14-10-15(3,4)18-16(14,5)6/h7-8,11,14,17H,9-10H2,1-6H3. The third-order valence-electron chi connectivity index (χ3n) is 3.86. The predicted molar refractivity (Wildman–Crippen MR) is 83.0 cm³/mol. The molecule has 2 unspecified atom stereocenters. The first-order valence-corrected chi connectivity index (χ1v) is 8.01. The fourth-order valence-electron chi connectivity index (χ4n) is 3.12. The Bertz CT molecular complexity index is 436. The van der Waals surface area contributed by atoms with Gasteiger partial charge in [0.05, 0.1) is 11.2 Å². The van der Waals surface area contributed by atoms with Gasteiger partial charge >= 0.3 is 0 Å². The highest BCUT2D eigenvalue weighted by Gasteiger charge is 2.45. The van der Waals surface area contributed by atoms with Crippen molar-refractivity contribution in [3.8, 4) is 0 Å². The summed E-state index contributed by atoms with van der Waals surface area (Å²) in [6, 6.07) is 5.37. The van der Waals surface area contributed by atoms with Gasteiger partial charge < -0.3 is 10.1 Å². The molecule has 0 amide bonds. The van der Waals surface area contributed by atoms with Gasteiger partial charge in [-0.05, 0) is 66.5 Å². The van der Waals surface area contributed by atoms with Gasteiger partial charge in [0.15, 0.2) is 0 Å². The number of hydrogen-bond donors (Lipinski definition) is 1. The van der Waals surface area contributed by atoms with Crippen LogP contribution in [0, 0.1) is 6.92 Å². The molecule has 1 aliphatic rings. The molecule has 0 aromatic carbocycles. The molecule has 1 aromatic heterocycles.